The molecule has 0 aliphatic heterocycles. The summed E-state index contributed by atoms with van der Waals surface area (Å²) in [5, 5.41) is 0.233. The van der Waals surface area contributed by atoms with Crippen LogP contribution in [0.2, 0.25) is 5.02 Å². The lowest BCUT2D eigenvalue weighted by Crippen LogP contribution is -2.15. The van der Waals surface area contributed by atoms with Gasteiger partial charge in [0.15, 0.2) is 23.1 Å². The Morgan fingerprint density at radius 1 is 0.853 bits per heavy atom. The zero-order valence-electron chi connectivity index (χ0n) is 18.9. The Kier molecular flexibility index (Phi) is 7.90. The zero-order valence-corrected chi connectivity index (χ0v) is 20.5. The average Bonchev–Trinajstić information content (AvgIpc) is 2.83. The Bertz CT molecular complexity index is 1300. The van der Waals surface area contributed by atoms with Crippen molar-refractivity contribution in [3.05, 3.63) is 70.5 Å². The first-order valence-electron chi connectivity index (χ1n) is 9.87. The Morgan fingerprint density at radius 3 is 2.06 bits per heavy atom. The van der Waals surface area contributed by atoms with Gasteiger partial charge in [-0.3, -0.25) is 4.72 Å². The molecule has 0 radical (unpaired) electrons. The summed E-state index contributed by atoms with van der Waals surface area (Å²) in [7, 11) is 1.63. The summed E-state index contributed by atoms with van der Waals surface area (Å²) in [4.78, 5) is -0.109. The number of halogens is 2. The van der Waals surface area contributed by atoms with E-state index in [9.17, 15) is 8.42 Å². The van der Waals surface area contributed by atoms with Crippen LogP contribution in [0.3, 0.4) is 0 Å². The van der Waals surface area contributed by atoms with Crippen molar-refractivity contribution in [1.29, 1.82) is 0 Å². The minimum absolute atomic E-state index is 0.109. The molecule has 0 unspecified atom stereocenters. The van der Waals surface area contributed by atoms with Crippen LogP contribution >= 0.6 is 11.6 Å². The highest BCUT2D eigenvalue weighted by atomic mass is 35.5. The van der Waals surface area contributed by atoms with Crippen LogP contribution < -0.4 is 23.7 Å². The highest BCUT2D eigenvalue weighted by Gasteiger charge is 2.21. The Balaban J connectivity index is 2.07. The van der Waals surface area contributed by atoms with Gasteiger partial charge in [0.05, 0.1) is 39.0 Å². The fraction of sp³-hybridized carbons (Fsp3) is 0.167. The molecule has 7 nitrogen and oxygen atoms in total. The molecule has 0 aliphatic rings. The number of hydrogen-bond acceptors (Lipinski definition) is 6. The van der Waals surface area contributed by atoms with Crippen molar-refractivity contribution in [3.63, 3.8) is 0 Å². The summed E-state index contributed by atoms with van der Waals surface area (Å²) < 4.78 is 64.4. The lowest BCUT2D eigenvalue weighted by molar-refractivity contribution is 0.324. The number of sulfonamides is 1. The minimum Gasteiger partial charge on any atom is -0.494 e. The second-order valence-corrected chi connectivity index (χ2v) is 9.02. The van der Waals surface area contributed by atoms with E-state index in [0.29, 0.717) is 22.8 Å². The van der Waals surface area contributed by atoms with Crippen LogP contribution in [0, 0.1) is 5.82 Å². The van der Waals surface area contributed by atoms with E-state index < -0.39 is 15.8 Å². The predicted octanol–water partition coefficient (Wildman–Crippen LogP) is 5.48. The van der Waals surface area contributed by atoms with E-state index in [1.54, 1.807) is 24.3 Å². The van der Waals surface area contributed by atoms with Crippen molar-refractivity contribution < 1.29 is 31.8 Å². The van der Waals surface area contributed by atoms with Crippen molar-refractivity contribution in [2.75, 3.05) is 33.2 Å². The molecule has 0 saturated heterocycles. The van der Waals surface area contributed by atoms with Gasteiger partial charge in [-0.25, -0.2) is 12.8 Å². The van der Waals surface area contributed by atoms with Crippen LogP contribution in [-0.4, -0.2) is 36.9 Å². The molecule has 0 bridgehead atoms. The van der Waals surface area contributed by atoms with Gasteiger partial charge in [0.1, 0.15) is 0 Å². The van der Waals surface area contributed by atoms with Gasteiger partial charge in [-0.05, 0) is 48.0 Å². The quantitative estimate of drug-likeness (QED) is 0.386. The Labute approximate surface area is 202 Å². The highest BCUT2D eigenvalue weighted by molar-refractivity contribution is 7.92. The number of nitrogens with one attached hydrogen (secondary N) is 1. The van der Waals surface area contributed by atoms with Gasteiger partial charge in [0.25, 0.3) is 10.0 Å². The predicted molar refractivity (Wildman–Crippen MR) is 130 cm³/mol. The average molecular weight is 508 g/mol. The summed E-state index contributed by atoms with van der Waals surface area (Å²) >= 11 is 5.93. The van der Waals surface area contributed by atoms with Crippen LogP contribution in [0.4, 0.5) is 10.1 Å². The molecule has 10 heteroatoms. The van der Waals surface area contributed by atoms with Crippen molar-refractivity contribution in [2.24, 2.45) is 0 Å². The molecule has 0 amide bonds. The topological polar surface area (TPSA) is 83.1 Å². The van der Waals surface area contributed by atoms with Gasteiger partial charge in [-0.15, -0.1) is 0 Å². The third-order valence-corrected chi connectivity index (χ3v) is 6.43. The SMILES string of the molecule is COc1ccc(C=Cc2cc(OC)c(OC)c(OC)c2)c(NS(=O)(=O)c2cccc(Cl)c2)c1F. The largest absolute Gasteiger partial charge is 0.494 e. The maximum absolute atomic E-state index is 15.2. The van der Waals surface area contributed by atoms with Gasteiger partial charge < -0.3 is 18.9 Å². The molecular weight excluding hydrogens is 485 g/mol. The van der Waals surface area contributed by atoms with Gasteiger partial charge in [0.2, 0.25) is 5.75 Å². The lowest BCUT2D eigenvalue weighted by Gasteiger charge is -2.15. The summed E-state index contributed by atoms with van der Waals surface area (Å²) in [6.45, 7) is 0. The number of benzene rings is 3. The monoisotopic (exact) mass is 507 g/mol. The number of anilines is 1. The summed E-state index contributed by atoms with van der Waals surface area (Å²) in [5.41, 5.74) is 0.634. The molecule has 3 rings (SSSR count). The van der Waals surface area contributed by atoms with Crippen molar-refractivity contribution >= 4 is 39.5 Å². The highest BCUT2D eigenvalue weighted by Crippen LogP contribution is 2.39. The molecule has 34 heavy (non-hydrogen) atoms. The first-order valence-corrected chi connectivity index (χ1v) is 11.7. The molecular formula is C24H23ClFNO6S. The van der Waals surface area contributed by atoms with E-state index in [0.717, 1.165) is 0 Å². The third kappa shape index (κ3) is 5.37. The number of ether oxygens (including phenoxy) is 4. The molecule has 0 aromatic heterocycles. The number of hydrogen-bond donors (Lipinski definition) is 1. The van der Waals surface area contributed by atoms with Crippen molar-refractivity contribution in [2.45, 2.75) is 4.90 Å². The van der Waals surface area contributed by atoms with Gasteiger partial charge in [0, 0.05) is 10.6 Å². The standard InChI is InChI=1S/C24H23ClFNO6S/c1-30-19-11-10-16(9-8-15-12-20(31-2)24(33-4)21(13-15)32-3)23(22(19)26)27-34(28,29)18-7-5-6-17(25)14-18/h5-14,27H,1-4H3. The smallest absolute Gasteiger partial charge is 0.262 e. The van der Waals surface area contributed by atoms with Gasteiger partial charge in [-0.1, -0.05) is 29.8 Å². The number of rotatable bonds is 9. The maximum atomic E-state index is 15.2. The van der Waals surface area contributed by atoms with E-state index in [-0.39, 0.29) is 26.9 Å². The molecule has 0 fully saturated rings. The summed E-state index contributed by atoms with van der Waals surface area (Å²) in [6, 6.07) is 12.0. The first-order chi connectivity index (χ1) is 16.2. The number of methoxy groups -OCH3 is 4. The molecule has 3 aromatic carbocycles. The summed E-state index contributed by atoms with van der Waals surface area (Å²) in [5.74, 6) is 0.315. The van der Waals surface area contributed by atoms with E-state index >= 15 is 4.39 Å². The summed E-state index contributed by atoms with van der Waals surface area (Å²) in [6.07, 6.45) is 3.21. The maximum Gasteiger partial charge on any atom is 0.262 e. The molecule has 0 aliphatic carbocycles. The molecule has 180 valence electrons. The van der Waals surface area contributed by atoms with Crippen LogP contribution in [0.25, 0.3) is 12.2 Å². The van der Waals surface area contributed by atoms with Crippen molar-refractivity contribution in [3.8, 4) is 23.0 Å². The Hall–Kier alpha value is -3.43. The van der Waals surface area contributed by atoms with Crippen LogP contribution in [0.15, 0.2) is 53.4 Å². The second-order valence-electron chi connectivity index (χ2n) is 6.90. The molecule has 0 atom stereocenters. The normalized spacial score (nSPS) is 11.4. The minimum atomic E-state index is -4.14. The van der Waals surface area contributed by atoms with E-state index in [4.69, 9.17) is 30.5 Å². The molecule has 0 spiro atoms. The molecule has 3 aromatic rings. The third-order valence-electron chi connectivity index (χ3n) is 4.84. The van der Waals surface area contributed by atoms with E-state index in [1.165, 1.54) is 64.8 Å². The van der Waals surface area contributed by atoms with Crippen LogP contribution in [0.1, 0.15) is 11.1 Å². The van der Waals surface area contributed by atoms with Gasteiger partial charge in [-0.2, -0.15) is 0 Å². The Morgan fingerprint density at radius 2 is 1.50 bits per heavy atom. The van der Waals surface area contributed by atoms with Crippen molar-refractivity contribution in [1.82, 2.24) is 0 Å². The van der Waals surface area contributed by atoms with E-state index in [2.05, 4.69) is 4.72 Å². The first kappa shape index (κ1) is 25.2. The van der Waals surface area contributed by atoms with E-state index in [1.807, 2.05) is 0 Å². The van der Waals surface area contributed by atoms with Crippen LogP contribution in [-0.2, 0) is 10.0 Å². The molecule has 0 saturated carbocycles. The lowest BCUT2D eigenvalue weighted by atomic mass is 10.1. The molecule has 1 N–H and O–H groups in total. The van der Waals surface area contributed by atoms with Gasteiger partial charge >= 0.3 is 0 Å². The fourth-order valence-corrected chi connectivity index (χ4v) is 4.57. The van der Waals surface area contributed by atoms with Crippen LogP contribution in [0.5, 0.6) is 23.0 Å². The molecule has 0 heterocycles. The fourth-order valence-electron chi connectivity index (χ4n) is 3.18. The second kappa shape index (κ2) is 10.7. The zero-order chi connectivity index (χ0) is 24.9.